The Kier molecular flexibility index (Phi) is 5.94. The molecule has 0 aliphatic carbocycles. The average Bonchev–Trinajstić information content (AvgIpc) is 2.34. The van der Waals surface area contributed by atoms with Crippen molar-refractivity contribution >= 4 is 27.5 Å². The fourth-order valence-electron chi connectivity index (χ4n) is 1.98. The van der Waals surface area contributed by atoms with E-state index in [1.165, 1.54) is 11.2 Å². The zero-order valence-corrected chi connectivity index (χ0v) is 12.6. The van der Waals surface area contributed by atoms with Gasteiger partial charge in [0.15, 0.2) is 9.84 Å². The van der Waals surface area contributed by atoms with Crippen LogP contribution < -0.4 is 5.73 Å². The van der Waals surface area contributed by atoms with Crippen LogP contribution in [0.1, 0.15) is 19.8 Å². The lowest BCUT2D eigenvalue weighted by molar-refractivity contribution is -0.132. The second kappa shape index (κ2) is 6.77. The van der Waals surface area contributed by atoms with E-state index in [0.29, 0.717) is 25.3 Å². The molecule has 18 heavy (non-hydrogen) atoms. The van der Waals surface area contributed by atoms with Gasteiger partial charge >= 0.3 is 0 Å². The maximum atomic E-state index is 12.2. The van der Waals surface area contributed by atoms with Crippen LogP contribution in [0.3, 0.4) is 0 Å². The van der Waals surface area contributed by atoms with E-state index >= 15 is 0 Å². The lowest BCUT2D eigenvalue weighted by atomic mass is 10.0. The smallest absolute Gasteiger partial charge is 0.224 e. The van der Waals surface area contributed by atoms with Gasteiger partial charge in [0.25, 0.3) is 0 Å². The van der Waals surface area contributed by atoms with Crippen LogP contribution in [0.4, 0.5) is 0 Å². The van der Waals surface area contributed by atoms with Crippen molar-refractivity contribution in [3.8, 4) is 0 Å². The van der Waals surface area contributed by atoms with Crippen molar-refractivity contribution in [3.63, 3.8) is 0 Å². The number of sulfone groups is 1. The summed E-state index contributed by atoms with van der Waals surface area (Å²) >= 11 is 1.58. The minimum atomic E-state index is -3.22. The van der Waals surface area contributed by atoms with E-state index < -0.39 is 15.2 Å². The largest absolute Gasteiger partial charge is 0.330 e. The van der Waals surface area contributed by atoms with Crippen molar-refractivity contribution < 1.29 is 13.2 Å². The van der Waals surface area contributed by atoms with Gasteiger partial charge in [0.1, 0.15) is 5.37 Å². The van der Waals surface area contributed by atoms with Crippen LogP contribution in [0.15, 0.2) is 0 Å². The molecular weight excluding hydrogens is 272 g/mol. The predicted octanol–water partition coefficient (Wildman–Crippen LogP) is 0.308. The molecule has 2 unspecified atom stereocenters. The van der Waals surface area contributed by atoms with Crippen LogP contribution >= 0.6 is 11.8 Å². The molecule has 1 fully saturated rings. The lowest BCUT2D eigenvalue weighted by Crippen LogP contribution is -2.50. The van der Waals surface area contributed by atoms with Gasteiger partial charge in [-0.2, -0.15) is 11.8 Å². The van der Waals surface area contributed by atoms with E-state index in [9.17, 15) is 13.2 Å². The zero-order chi connectivity index (χ0) is 13.8. The first-order valence-electron chi connectivity index (χ1n) is 6.16. The summed E-state index contributed by atoms with van der Waals surface area (Å²) in [6.45, 7) is 2.97. The summed E-state index contributed by atoms with van der Waals surface area (Å²) in [6, 6.07) is 0. The molecule has 7 heteroatoms. The lowest BCUT2D eigenvalue weighted by Gasteiger charge is -2.34. The molecule has 0 bridgehead atoms. The third-order valence-corrected chi connectivity index (χ3v) is 5.92. The van der Waals surface area contributed by atoms with Gasteiger partial charge in [0.05, 0.1) is 0 Å². The predicted molar refractivity (Wildman–Crippen MR) is 75.1 cm³/mol. The molecule has 0 aromatic heterocycles. The number of thioether (sulfide) groups is 1. The topological polar surface area (TPSA) is 80.5 Å². The first-order chi connectivity index (χ1) is 8.40. The Morgan fingerprint density at radius 2 is 2.22 bits per heavy atom. The molecule has 1 amide bonds. The molecule has 0 spiro atoms. The summed E-state index contributed by atoms with van der Waals surface area (Å²) in [4.78, 5) is 13.7. The van der Waals surface area contributed by atoms with Gasteiger partial charge in [0.2, 0.25) is 5.91 Å². The second-order valence-corrected chi connectivity index (χ2v) is 8.01. The van der Waals surface area contributed by atoms with Crippen LogP contribution in [-0.4, -0.2) is 55.4 Å². The van der Waals surface area contributed by atoms with Gasteiger partial charge < -0.3 is 10.6 Å². The van der Waals surface area contributed by atoms with Gasteiger partial charge in [0, 0.05) is 30.7 Å². The monoisotopic (exact) mass is 294 g/mol. The maximum Gasteiger partial charge on any atom is 0.224 e. The van der Waals surface area contributed by atoms with Crippen LogP contribution in [0.2, 0.25) is 0 Å². The highest BCUT2D eigenvalue weighted by Gasteiger charge is 2.34. The van der Waals surface area contributed by atoms with Crippen molar-refractivity contribution in [2.45, 2.75) is 25.1 Å². The van der Waals surface area contributed by atoms with E-state index in [1.807, 2.05) is 6.92 Å². The molecule has 2 atom stereocenters. The highest BCUT2D eigenvalue weighted by molar-refractivity contribution is 8.00. The van der Waals surface area contributed by atoms with Crippen LogP contribution in [-0.2, 0) is 14.6 Å². The Labute approximate surface area is 113 Å². The number of rotatable bonds is 5. The molecule has 0 aromatic carbocycles. The van der Waals surface area contributed by atoms with Crippen LogP contribution in [0.25, 0.3) is 0 Å². The quantitative estimate of drug-likeness (QED) is 0.789. The molecule has 0 radical (unpaired) electrons. The van der Waals surface area contributed by atoms with Gasteiger partial charge in [-0.3, -0.25) is 4.79 Å². The van der Waals surface area contributed by atoms with Crippen molar-refractivity contribution in [1.82, 2.24) is 4.90 Å². The third kappa shape index (κ3) is 4.13. The molecule has 0 aromatic rings. The van der Waals surface area contributed by atoms with Crippen molar-refractivity contribution in [2.75, 3.05) is 30.9 Å². The SMILES string of the molecule is CCC(CN)CC(=O)N1CCSCC1S(C)(=O)=O. The highest BCUT2D eigenvalue weighted by atomic mass is 32.2. The number of nitrogens with zero attached hydrogens (tertiary/aromatic N) is 1. The summed E-state index contributed by atoms with van der Waals surface area (Å²) in [5.41, 5.74) is 5.59. The fourth-order valence-corrected chi connectivity index (χ4v) is 4.82. The van der Waals surface area contributed by atoms with Crippen LogP contribution in [0.5, 0.6) is 0 Å². The molecule has 1 aliphatic heterocycles. The molecule has 1 heterocycles. The van der Waals surface area contributed by atoms with Crippen molar-refractivity contribution in [1.29, 1.82) is 0 Å². The maximum absolute atomic E-state index is 12.2. The fraction of sp³-hybridized carbons (Fsp3) is 0.909. The number of amides is 1. The first-order valence-corrected chi connectivity index (χ1v) is 9.27. The minimum absolute atomic E-state index is 0.0805. The van der Waals surface area contributed by atoms with Gasteiger partial charge in [-0.1, -0.05) is 13.3 Å². The number of hydrogen-bond donors (Lipinski definition) is 1. The normalized spacial score (nSPS) is 22.8. The summed E-state index contributed by atoms with van der Waals surface area (Å²) < 4.78 is 23.4. The van der Waals surface area contributed by atoms with Gasteiger partial charge in [-0.15, -0.1) is 0 Å². The summed E-state index contributed by atoms with van der Waals surface area (Å²) in [7, 11) is -3.22. The molecule has 0 saturated carbocycles. The Hall–Kier alpha value is -0.270. The number of carbonyl (C=O) groups is 1. The van der Waals surface area contributed by atoms with Gasteiger partial charge in [-0.05, 0) is 12.5 Å². The molecule has 1 rings (SSSR count). The number of nitrogens with two attached hydrogens (primary N) is 1. The Bertz CT molecular complexity index is 380. The molecule has 5 nitrogen and oxygen atoms in total. The Morgan fingerprint density at radius 1 is 1.56 bits per heavy atom. The van der Waals surface area contributed by atoms with E-state index in [4.69, 9.17) is 5.73 Å². The minimum Gasteiger partial charge on any atom is -0.330 e. The average molecular weight is 294 g/mol. The molecule has 1 saturated heterocycles. The van der Waals surface area contributed by atoms with E-state index in [0.717, 1.165) is 12.2 Å². The molecular formula is C11H22N2O3S2. The third-order valence-electron chi connectivity index (χ3n) is 3.27. The standard InChI is InChI=1S/C11H22N2O3S2/c1-3-9(7-12)6-10(14)13-4-5-17-8-11(13)18(2,15)16/h9,11H,3-8,12H2,1-2H3. The second-order valence-electron chi connectivity index (χ2n) is 4.66. The van der Waals surface area contributed by atoms with E-state index in [-0.39, 0.29) is 11.8 Å². The zero-order valence-electron chi connectivity index (χ0n) is 11.0. The Balaban J connectivity index is 2.75. The van der Waals surface area contributed by atoms with E-state index in [2.05, 4.69) is 0 Å². The van der Waals surface area contributed by atoms with E-state index in [1.54, 1.807) is 11.8 Å². The number of carbonyl (C=O) groups excluding carboxylic acids is 1. The molecule has 1 aliphatic rings. The summed E-state index contributed by atoms with van der Waals surface area (Å²) in [5, 5.41) is -0.668. The van der Waals surface area contributed by atoms with Crippen molar-refractivity contribution in [2.24, 2.45) is 11.7 Å². The number of hydrogen-bond acceptors (Lipinski definition) is 5. The van der Waals surface area contributed by atoms with Gasteiger partial charge in [-0.25, -0.2) is 8.42 Å². The summed E-state index contributed by atoms with van der Waals surface area (Å²) in [6.07, 6.45) is 2.39. The van der Waals surface area contributed by atoms with Crippen LogP contribution in [0, 0.1) is 5.92 Å². The molecule has 106 valence electrons. The molecule has 2 N–H and O–H groups in total. The summed E-state index contributed by atoms with van der Waals surface area (Å²) in [5.74, 6) is 1.34. The van der Waals surface area contributed by atoms with Crippen molar-refractivity contribution in [3.05, 3.63) is 0 Å². The highest BCUT2D eigenvalue weighted by Crippen LogP contribution is 2.22. The Morgan fingerprint density at radius 3 is 2.72 bits per heavy atom. The first kappa shape index (κ1) is 15.8.